The Morgan fingerprint density at radius 3 is 2.35 bits per heavy atom. The highest BCUT2D eigenvalue weighted by Gasteiger charge is 2.41. The first-order valence-electron chi connectivity index (χ1n) is 6.21. The predicted octanol–water partition coefficient (Wildman–Crippen LogP) is 1.53. The number of hydrogen-bond acceptors (Lipinski definition) is 3. The fourth-order valence-corrected chi connectivity index (χ4v) is 1.99. The number of carbonyl (C=O) groups is 1. The minimum absolute atomic E-state index is 0.0903. The van der Waals surface area contributed by atoms with Gasteiger partial charge in [0.05, 0.1) is 6.07 Å². The zero-order valence-electron chi connectivity index (χ0n) is 11.3. The number of hydrogen-bond donors (Lipinski definition) is 1. The zero-order valence-corrected chi connectivity index (χ0v) is 11.3. The molecule has 4 nitrogen and oxygen atoms in total. The molecule has 0 unspecified atom stereocenters. The van der Waals surface area contributed by atoms with Crippen molar-refractivity contribution in [1.82, 2.24) is 10.2 Å². The average molecular weight is 237 g/mol. The molecule has 0 saturated heterocycles. The van der Waals surface area contributed by atoms with Crippen molar-refractivity contribution in [2.75, 3.05) is 20.6 Å². The summed E-state index contributed by atoms with van der Waals surface area (Å²) < 4.78 is 0. The molecular formula is C13H23N3O. The lowest BCUT2D eigenvalue weighted by Crippen LogP contribution is -2.50. The van der Waals surface area contributed by atoms with E-state index in [1.807, 2.05) is 14.1 Å². The zero-order chi connectivity index (χ0) is 13.1. The number of likely N-dealkylation sites (N-methyl/N-ethyl adjacent to an activating group) is 1. The third kappa shape index (κ3) is 2.98. The first-order chi connectivity index (χ1) is 7.84. The molecule has 96 valence electrons. The standard InChI is InChI=1S/C13H23N3O/c1-12(2,16(3)4)10-15-11(17)13(9-14)7-5-6-8-13/h5-8,10H2,1-4H3,(H,15,17). The van der Waals surface area contributed by atoms with E-state index in [-0.39, 0.29) is 11.4 Å². The van der Waals surface area contributed by atoms with Gasteiger partial charge in [0.2, 0.25) is 5.91 Å². The van der Waals surface area contributed by atoms with Crippen molar-refractivity contribution in [3.8, 4) is 6.07 Å². The lowest BCUT2D eigenvalue weighted by atomic mass is 9.86. The van der Waals surface area contributed by atoms with E-state index < -0.39 is 5.41 Å². The van der Waals surface area contributed by atoms with E-state index in [9.17, 15) is 10.1 Å². The first kappa shape index (κ1) is 14.0. The summed E-state index contributed by atoms with van der Waals surface area (Å²) in [5, 5.41) is 12.1. The molecule has 0 spiro atoms. The minimum Gasteiger partial charge on any atom is -0.353 e. The molecule has 0 heterocycles. The summed E-state index contributed by atoms with van der Waals surface area (Å²) in [7, 11) is 3.98. The molecule has 1 aliphatic rings. The summed E-state index contributed by atoms with van der Waals surface area (Å²) in [6.07, 6.45) is 3.38. The maximum Gasteiger partial charge on any atom is 0.240 e. The van der Waals surface area contributed by atoms with Crippen LogP contribution in [0.4, 0.5) is 0 Å². The van der Waals surface area contributed by atoms with Crippen molar-refractivity contribution < 1.29 is 4.79 Å². The third-order valence-electron chi connectivity index (χ3n) is 4.00. The van der Waals surface area contributed by atoms with Crippen molar-refractivity contribution in [2.24, 2.45) is 5.41 Å². The van der Waals surface area contributed by atoms with Crippen LogP contribution in [-0.2, 0) is 4.79 Å². The van der Waals surface area contributed by atoms with E-state index in [1.54, 1.807) is 0 Å². The Bertz CT molecular complexity index is 322. The fraction of sp³-hybridized carbons (Fsp3) is 0.846. The number of nitrogens with one attached hydrogen (secondary N) is 1. The molecule has 0 atom stereocenters. The highest BCUT2D eigenvalue weighted by atomic mass is 16.2. The summed E-state index contributed by atoms with van der Waals surface area (Å²) in [6.45, 7) is 4.71. The number of carbonyl (C=O) groups excluding carboxylic acids is 1. The van der Waals surface area contributed by atoms with Crippen LogP contribution < -0.4 is 5.32 Å². The van der Waals surface area contributed by atoms with E-state index in [0.717, 1.165) is 12.8 Å². The van der Waals surface area contributed by atoms with Crippen LogP contribution >= 0.6 is 0 Å². The van der Waals surface area contributed by atoms with Gasteiger partial charge in [0.1, 0.15) is 5.41 Å². The Hall–Kier alpha value is -1.08. The maximum atomic E-state index is 12.1. The SMILES string of the molecule is CN(C)C(C)(C)CNC(=O)C1(C#N)CCCC1. The summed E-state index contributed by atoms with van der Waals surface area (Å²) in [6, 6.07) is 2.22. The van der Waals surface area contributed by atoms with E-state index in [1.165, 1.54) is 0 Å². The maximum absolute atomic E-state index is 12.1. The number of nitriles is 1. The van der Waals surface area contributed by atoms with Crippen LogP contribution in [0.1, 0.15) is 39.5 Å². The Morgan fingerprint density at radius 1 is 1.41 bits per heavy atom. The molecule has 1 amide bonds. The van der Waals surface area contributed by atoms with E-state index in [0.29, 0.717) is 19.4 Å². The number of nitrogens with zero attached hydrogens (tertiary/aromatic N) is 2. The Labute approximate surface area is 104 Å². The molecule has 4 heteroatoms. The van der Waals surface area contributed by atoms with Crippen LogP contribution in [0, 0.1) is 16.7 Å². The Balaban J connectivity index is 2.59. The Morgan fingerprint density at radius 2 is 1.94 bits per heavy atom. The van der Waals surface area contributed by atoms with E-state index in [2.05, 4.69) is 30.1 Å². The molecule has 1 fully saturated rings. The van der Waals surface area contributed by atoms with Crippen LogP contribution in [0.5, 0.6) is 0 Å². The summed E-state index contributed by atoms with van der Waals surface area (Å²) >= 11 is 0. The van der Waals surface area contributed by atoms with E-state index >= 15 is 0 Å². The predicted molar refractivity (Wildman–Crippen MR) is 67.3 cm³/mol. The summed E-state index contributed by atoms with van der Waals surface area (Å²) in [5.74, 6) is -0.0903. The normalized spacial score (nSPS) is 19.1. The van der Waals surface area contributed by atoms with Gasteiger partial charge in [0.15, 0.2) is 0 Å². The lowest BCUT2D eigenvalue weighted by molar-refractivity contribution is -0.128. The average Bonchev–Trinajstić information content (AvgIpc) is 2.75. The molecule has 1 saturated carbocycles. The van der Waals surface area contributed by atoms with E-state index in [4.69, 9.17) is 0 Å². The molecule has 0 aliphatic heterocycles. The van der Waals surface area contributed by atoms with Crippen LogP contribution in [0.2, 0.25) is 0 Å². The van der Waals surface area contributed by atoms with Crippen molar-refractivity contribution in [3.05, 3.63) is 0 Å². The largest absolute Gasteiger partial charge is 0.353 e. The van der Waals surface area contributed by atoms with Crippen LogP contribution in [0.3, 0.4) is 0 Å². The Kier molecular flexibility index (Phi) is 4.16. The molecule has 1 rings (SSSR count). The molecule has 0 bridgehead atoms. The summed E-state index contributed by atoms with van der Waals surface area (Å²) in [5.41, 5.74) is -0.854. The molecule has 0 radical (unpaired) electrons. The number of rotatable bonds is 4. The van der Waals surface area contributed by atoms with Crippen LogP contribution in [-0.4, -0.2) is 37.0 Å². The summed E-state index contributed by atoms with van der Waals surface area (Å²) in [4.78, 5) is 14.2. The number of amides is 1. The van der Waals surface area contributed by atoms with Gasteiger partial charge in [0.25, 0.3) is 0 Å². The minimum atomic E-state index is -0.762. The van der Waals surface area contributed by atoms with Gasteiger partial charge >= 0.3 is 0 Å². The highest BCUT2D eigenvalue weighted by Crippen LogP contribution is 2.37. The monoisotopic (exact) mass is 237 g/mol. The van der Waals surface area contributed by atoms with Crippen molar-refractivity contribution in [1.29, 1.82) is 5.26 Å². The molecule has 0 aromatic heterocycles. The van der Waals surface area contributed by atoms with Gasteiger partial charge < -0.3 is 10.2 Å². The quantitative estimate of drug-likeness (QED) is 0.806. The second kappa shape index (κ2) is 5.05. The third-order valence-corrected chi connectivity index (χ3v) is 4.00. The smallest absolute Gasteiger partial charge is 0.240 e. The highest BCUT2D eigenvalue weighted by molar-refractivity contribution is 5.85. The molecule has 1 N–H and O–H groups in total. The molecule has 0 aromatic carbocycles. The molecular weight excluding hydrogens is 214 g/mol. The molecule has 1 aliphatic carbocycles. The lowest BCUT2D eigenvalue weighted by Gasteiger charge is -2.33. The van der Waals surface area contributed by atoms with Gasteiger partial charge in [0, 0.05) is 12.1 Å². The second-order valence-electron chi connectivity index (χ2n) is 5.79. The van der Waals surface area contributed by atoms with Gasteiger partial charge in [-0.2, -0.15) is 5.26 Å². The van der Waals surface area contributed by atoms with Crippen LogP contribution in [0.25, 0.3) is 0 Å². The second-order valence-corrected chi connectivity index (χ2v) is 5.79. The fourth-order valence-electron chi connectivity index (χ4n) is 1.99. The van der Waals surface area contributed by atoms with Crippen molar-refractivity contribution in [2.45, 2.75) is 45.1 Å². The first-order valence-corrected chi connectivity index (χ1v) is 6.21. The van der Waals surface area contributed by atoms with Gasteiger partial charge in [-0.3, -0.25) is 4.79 Å². The van der Waals surface area contributed by atoms with Crippen molar-refractivity contribution in [3.63, 3.8) is 0 Å². The van der Waals surface area contributed by atoms with Crippen molar-refractivity contribution >= 4 is 5.91 Å². The topological polar surface area (TPSA) is 56.1 Å². The van der Waals surface area contributed by atoms with Gasteiger partial charge in [-0.25, -0.2) is 0 Å². The van der Waals surface area contributed by atoms with Gasteiger partial charge in [-0.15, -0.1) is 0 Å². The molecule has 17 heavy (non-hydrogen) atoms. The van der Waals surface area contributed by atoms with Crippen LogP contribution in [0.15, 0.2) is 0 Å². The molecule has 0 aromatic rings. The van der Waals surface area contributed by atoms with Gasteiger partial charge in [-0.05, 0) is 40.8 Å². The van der Waals surface area contributed by atoms with Gasteiger partial charge in [-0.1, -0.05) is 12.8 Å².